The van der Waals surface area contributed by atoms with Crippen molar-refractivity contribution in [3.05, 3.63) is 65.5 Å². The minimum atomic E-state index is -3.23. The Balaban J connectivity index is 1.10. The Hall–Kier alpha value is -2.49. The van der Waals surface area contributed by atoms with Crippen molar-refractivity contribution in [1.82, 2.24) is 13.7 Å². The van der Waals surface area contributed by atoms with Crippen LogP contribution < -0.4 is 9.64 Å². The van der Waals surface area contributed by atoms with Gasteiger partial charge in [-0.3, -0.25) is 0 Å². The number of benzene rings is 2. The van der Waals surface area contributed by atoms with Gasteiger partial charge in [-0.15, -0.1) is 0 Å². The third-order valence-corrected chi connectivity index (χ3v) is 11.6. The SMILES string of the molecule is CCCCCCCCCCCCCCCCS(=O)(=O)N1CCCN(c2nc(Cc3ccc(Oc4ccc(C)cc4)cc3)ns2)CC1. The number of rotatable bonds is 21. The van der Waals surface area contributed by atoms with Crippen LogP contribution in [0.2, 0.25) is 0 Å². The maximum absolute atomic E-state index is 13.1. The molecule has 0 bridgehead atoms. The number of hydrogen-bond acceptors (Lipinski definition) is 7. The van der Waals surface area contributed by atoms with Crippen LogP contribution in [0.5, 0.6) is 11.5 Å². The summed E-state index contributed by atoms with van der Waals surface area (Å²) < 4.78 is 38.5. The maximum atomic E-state index is 13.1. The van der Waals surface area contributed by atoms with Crippen molar-refractivity contribution in [3.8, 4) is 11.5 Å². The molecule has 1 saturated heterocycles. The van der Waals surface area contributed by atoms with Crippen LogP contribution in [0.3, 0.4) is 0 Å². The van der Waals surface area contributed by atoms with E-state index in [0.29, 0.717) is 26.1 Å². The molecule has 7 nitrogen and oxygen atoms in total. The van der Waals surface area contributed by atoms with Crippen LogP contribution in [0.25, 0.3) is 0 Å². The van der Waals surface area contributed by atoms with Crippen LogP contribution in [0, 0.1) is 6.92 Å². The molecule has 4 rings (SSSR count). The second-order valence-corrected chi connectivity index (χ2v) is 15.7. The van der Waals surface area contributed by atoms with Crippen molar-refractivity contribution in [1.29, 1.82) is 0 Å². The molecular formula is C37H56N4O3S2. The number of anilines is 1. The van der Waals surface area contributed by atoms with E-state index in [1.165, 1.54) is 87.7 Å². The van der Waals surface area contributed by atoms with Crippen molar-refractivity contribution in [2.24, 2.45) is 0 Å². The van der Waals surface area contributed by atoms with Crippen LogP contribution in [0.4, 0.5) is 5.13 Å². The molecule has 1 fully saturated rings. The molecule has 9 heteroatoms. The van der Waals surface area contributed by atoms with Crippen LogP contribution in [0.15, 0.2) is 48.5 Å². The topological polar surface area (TPSA) is 75.6 Å². The highest BCUT2D eigenvalue weighted by atomic mass is 32.2. The number of sulfonamides is 1. The van der Waals surface area contributed by atoms with E-state index in [9.17, 15) is 8.42 Å². The lowest BCUT2D eigenvalue weighted by Gasteiger charge is -2.21. The quantitative estimate of drug-likeness (QED) is 0.105. The Bertz CT molecular complexity index is 1360. The molecule has 1 aromatic heterocycles. The summed E-state index contributed by atoms with van der Waals surface area (Å²) in [5.41, 5.74) is 2.33. The fraction of sp³-hybridized carbons (Fsp3) is 0.622. The van der Waals surface area contributed by atoms with Crippen molar-refractivity contribution >= 4 is 26.7 Å². The predicted molar refractivity (Wildman–Crippen MR) is 193 cm³/mol. The molecule has 46 heavy (non-hydrogen) atoms. The van der Waals surface area contributed by atoms with Crippen LogP contribution in [0.1, 0.15) is 120 Å². The van der Waals surface area contributed by atoms with Gasteiger partial charge in [0.05, 0.1) is 5.75 Å². The Morgan fingerprint density at radius 1 is 0.717 bits per heavy atom. The molecule has 254 valence electrons. The van der Waals surface area contributed by atoms with Gasteiger partial charge in [0.25, 0.3) is 0 Å². The zero-order chi connectivity index (χ0) is 32.5. The summed E-state index contributed by atoms with van der Waals surface area (Å²) in [5, 5.41) is 0.876. The third-order valence-electron chi connectivity index (χ3n) is 8.87. The molecule has 0 amide bonds. The van der Waals surface area contributed by atoms with Gasteiger partial charge in [-0.05, 0) is 49.6 Å². The average Bonchev–Trinajstić information content (AvgIpc) is 3.36. The van der Waals surface area contributed by atoms with Gasteiger partial charge in [-0.1, -0.05) is 120 Å². The highest BCUT2D eigenvalue weighted by Gasteiger charge is 2.26. The maximum Gasteiger partial charge on any atom is 0.214 e. The van der Waals surface area contributed by atoms with Crippen LogP contribution in [-0.4, -0.2) is 54.0 Å². The van der Waals surface area contributed by atoms with E-state index in [2.05, 4.69) is 35.3 Å². The Labute approximate surface area is 283 Å². The van der Waals surface area contributed by atoms with Gasteiger partial charge in [-0.25, -0.2) is 17.7 Å². The first-order valence-electron chi connectivity index (χ1n) is 17.8. The Morgan fingerprint density at radius 3 is 1.89 bits per heavy atom. The summed E-state index contributed by atoms with van der Waals surface area (Å²) in [6.45, 7) is 6.87. The van der Waals surface area contributed by atoms with Crippen LogP contribution in [-0.2, 0) is 16.4 Å². The average molecular weight is 669 g/mol. The third kappa shape index (κ3) is 13.0. The second kappa shape index (κ2) is 20.0. The van der Waals surface area contributed by atoms with Gasteiger partial charge in [0, 0.05) is 44.1 Å². The molecular weight excluding hydrogens is 613 g/mol. The lowest BCUT2D eigenvalue weighted by atomic mass is 10.0. The number of hydrogen-bond donors (Lipinski definition) is 0. The zero-order valence-corrected chi connectivity index (χ0v) is 29.9. The molecule has 2 heterocycles. The molecule has 3 aromatic rings. The first-order valence-corrected chi connectivity index (χ1v) is 20.2. The first kappa shape index (κ1) is 36.3. The Kier molecular flexibility index (Phi) is 15.8. The summed E-state index contributed by atoms with van der Waals surface area (Å²) in [6.07, 6.45) is 19.2. The molecule has 0 radical (unpaired) electrons. The number of ether oxygens (including phenoxy) is 1. The molecule has 0 saturated carbocycles. The molecule has 2 aromatic carbocycles. The van der Waals surface area contributed by atoms with Crippen LogP contribution >= 0.6 is 11.5 Å². The van der Waals surface area contributed by atoms with Crippen molar-refractivity contribution in [2.75, 3.05) is 36.8 Å². The summed E-state index contributed by atoms with van der Waals surface area (Å²) in [7, 11) is -3.23. The molecule has 0 N–H and O–H groups in total. The Morgan fingerprint density at radius 2 is 1.28 bits per heavy atom. The van der Waals surface area contributed by atoms with Crippen molar-refractivity contribution < 1.29 is 13.2 Å². The van der Waals surface area contributed by atoms with Gasteiger partial charge in [0.1, 0.15) is 17.3 Å². The van der Waals surface area contributed by atoms with E-state index in [0.717, 1.165) is 60.2 Å². The molecule has 1 aliphatic rings. The second-order valence-electron chi connectivity index (χ2n) is 12.9. The molecule has 0 spiro atoms. The highest BCUT2D eigenvalue weighted by Crippen LogP contribution is 2.25. The number of aromatic nitrogens is 2. The molecule has 0 aliphatic carbocycles. The lowest BCUT2D eigenvalue weighted by molar-refractivity contribution is 0.431. The number of nitrogens with zero attached hydrogens (tertiary/aromatic N) is 4. The summed E-state index contributed by atoms with van der Waals surface area (Å²) in [5.74, 6) is 2.68. The lowest BCUT2D eigenvalue weighted by Crippen LogP contribution is -2.36. The van der Waals surface area contributed by atoms with Crippen molar-refractivity contribution in [3.63, 3.8) is 0 Å². The summed E-state index contributed by atoms with van der Waals surface area (Å²) in [4.78, 5) is 7.01. The fourth-order valence-corrected chi connectivity index (χ4v) is 8.35. The van der Waals surface area contributed by atoms with E-state index >= 15 is 0 Å². The van der Waals surface area contributed by atoms with E-state index < -0.39 is 10.0 Å². The summed E-state index contributed by atoms with van der Waals surface area (Å²) >= 11 is 1.40. The first-order chi connectivity index (χ1) is 22.4. The van der Waals surface area contributed by atoms with Gasteiger partial charge in [0.15, 0.2) is 0 Å². The highest BCUT2D eigenvalue weighted by molar-refractivity contribution is 7.89. The molecule has 0 unspecified atom stereocenters. The smallest absolute Gasteiger partial charge is 0.214 e. The van der Waals surface area contributed by atoms with Crippen molar-refractivity contribution in [2.45, 2.75) is 117 Å². The largest absolute Gasteiger partial charge is 0.457 e. The minimum absolute atomic E-state index is 0.267. The molecule has 1 aliphatic heterocycles. The van der Waals surface area contributed by atoms with E-state index in [4.69, 9.17) is 9.72 Å². The normalized spacial score (nSPS) is 14.4. The van der Waals surface area contributed by atoms with E-state index in [-0.39, 0.29) is 5.75 Å². The fourth-order valence-electron chi connectivity index (χ4n) is 6.02. The van der Waals surface area contributed by atoms with Gasteiger partial charge >= 0.3 is 0 Å². The predicted octanol–water partition coefficient (Wildman–Crippen LogP) is 9.55. The van der Waals surface area contributed by atoms with Gasteiger partial charge in [0.2, 0.25) is 15.2 Å². The van der Waals surface area contributed by atoms with Gasteiger partial charge < -0.3 is 9.64 Å². The van der Waals surface area contributed by atoms with E-state index in [1.54, 1.807) is 4.31 Å². The minimum Gasteiger partial charge on any atom is -0.457 e. The monoisotopic (exact) mass is 668 g/mol. The summed E-state index contributed by atoms with van der Waals surface area (Å²) in [6, 6.07) is 16.1. The van der Waals surface area contributed by atoms with Gasteiger partial charge in [-0.2, -0.15) is 4.37 Å². The standard InChI is InChI=1S/C37H56N4O3S2/c1-3-4-5-6-7-8-9-10-11-12-13-14-15-16-30-46(42,43)41-27-17-26-40(28-29-41)37-38-36(39-45-37)31-33-20-24-35(25-21-33)44-34-22-18-32(2)19-23-34/h18-25H,3-17,26-31H2,1-2H3. The number of unbranched alkanes of at least 4 members (excludes halogenated alkanes) is 13. The zero-order valence-electron chi connectivity index (χ0n) is 28.3. The van der Waals surface area contributed by atoms with E-state index in [1.807, 2.05) is 36.4 Å². The molecule has 0 atom stereocenters. The number of aryl methyl sites for hydroxylation is 1.